The molecule has 0 saturated carbocycles. The molecule has 110 valence electrons. The van der Waals surface area contributed by atoms with Crippen molar-refractivity contribution in [3.8, 4) is 0 Å². The van der Waals surface area contributed by atoms with Crippen LogP contribution >= 0.6 is 0 Å². The number of carboxylic acids is 1. The van der Waals surface area contributed by atoms with Gasteiger partial charge in [-0.3, -0.25) is 4.79 Å². The molecule has 2 aliphatic heterocycles. The van der Waals surface area contributed by atoms with Gasteiger partial charge in [0.2, 0.25) is 10.0 Å². The van der Waals surface area contributed by atoms with Crippen LogP contribution in [0.4, 0.5) is 0 Å². The average molecular weight is 289 g/mol. The predicted molar refractivity (Wildman–Crippen MR) is 72.3 cm³/mol. The summed E-state index contributed by atoms with van der Waals surface area (Å²) in [6.07, 6.45) is 2.58. The number of sulfonamides is 1. The van der Waals surface area contributed by atoms with Crippen molar-refractivity contribution in [3.63, 3.8) is 0 Å². The van der Waals surface area contributed by atoms with Crippen molar-refractivity contribution in [2.24, 2.45) is 11.3 Å². The number of hydrogen-bond acceptors (Lipinski definition) is 3. The van der Waals surface area contributed by atoms with Gasteiger partial charge in [0.05, 0.1) is 11.7 Å². The van der Waals surface area contributed by atoms with Gasteiger partial charge >= 0.3 is 5.97 Å². The number of carboxylic acid groups (broad SMARTS) is 1. The average Bonchev–Trinajstić information content (AvgIpc) is 2.83. The molecule has 19 heavy (non-hydrogen) atoms. The molecule has 2 aliphatic rings. The standard InChI is InChI=1S/C13H23NO4S/c1-13(2,3)6-7-19(17,18)14-9-4-5-11(14)10(8-9)12(15)16/h9-11H,4-8H2,1-3H3,(H,15,16). The van der Waals surface area contributed by atoms with Gasteiger partial charge in [0.1, 0.15) is 0 Å². The maximum absolute atomic E-state index is 12.4. The number of hydrogen-bond donors (Lipinski definition) is 1. The van der Waals surface area contributed by atoms with Gasteiger partial charge in [-0.1, -0.05) is 20.8 Å². The fourth-order valence-corrected chi connectivity index (χ4v) is 5.57. The van der Waals surface area contributed by atoms with Gasteiger partial charge in [-0.15, -0.1) is 0 Å². The third kappa shape index (κ3) is 2.94. The smallest absolute Gasteiger partial charge is 0.308 e. The van der Waals surface area contributed by atoms with Crippen LogP contribution < -0.4 is 0 Å². The second kappa shape index (κ2) is 4.74. The first kappa shape index (κ1) is 14.8. The molecule has 0 aromatic heterocycles. The first-order valence-electron chi connectivity index (χ1n) is 6.86. The Balaban J connectivity index is 2.12. The lowest BCUT2D eigenvalue weighted by molar-refractivity contribution is -0.142. The molecule has 1 N–H and O–H groups in total. The van der Waals surface area contributed by atoms with Crippen LogP contribution in [0.3, 0.4) is 0 Å². The van der Waals surface area contributed by atoms with E-state index in [0.717, 1.165) is 6.42 Å². The maximum Gasteiger partial charge on any atom is 0.308 e. The van der Waals surface area contributed by atoms with Crippen LogP contribution in [-0.4, -0.2) is 41.6 Å². The largest absolute Gasteiger partial charge is 0.481 e. The van der Waals surface area contributed by atoms with Crippen LogP contribution in [0.1, 0.15) is 46.5 Å². The Morgan fingerprint density at radius 2 is 1.95 bits per heavy atom. The molecule has 0 amide bonds. The maximum atomic E-state index is 12.4. The van der Waals surface area contributed by atoms with Crippen molar-refractivity contribution >= 4 is 16.0 Å². The van der Waals surface area contributed by atoms with Crippen molar-refractivity contribution < 1.29 is 18.3 Å². The molecule has 0 radical (unpaired) electrons. The van der Waals surface area contributed by atoms with Crippen LogP contribution in [0.5, 0.6) is 0 Å². The summed E-state index contributed by atoms with van der Waals surface area (Å²) in [5.41, 5.74) is -0.0297. The van der Waals surface area contributed by atoms with E-state index in [1.54, 1.807) is 0 Å². The van der Waals surface area contributed by atoms with E-state index in [1.807, 2.05) is 20.8 Å². The Kier molecular flexibility index (Phi) is 3.68. The molecule has 3 unspecified atom stereocenters. The van der Waals surface area contributed by atoms with Crippen LogP contribution in [0.15, 0.2) is 0 Å². The fraction of sp³-hybridized carbons (Fsp3) is 0.923. The zero-order chi connectivity index (χ0) is 14.4. The second-order valence-corrected chi connectivity index (χ2v) is 8.93. The first-order chi connectivity index (χ1) is 8.62. The minimum Gasteiger partial charge on any atom is -0.481 e. The van der Waals surface area contributed by atoms with Gasteiger partial charge < -0.3 is 5.11 Å². The minimum atomic E-state index is -3.33. The lowest BCUT2D eigenvalue weighted by Crippen LogP contribution is -2.39. The van der Waals surface area contributed by atoms with E-state index in [2.05, 4.69) is 0 Å². The minimum absolute atomic E-state index is 0.0297. The summed E-state index contributed by atoms with van der Waals surface area (Å²) in [5, 5.41) is 9.16. The number of nitrogens with zero attached hydrogens (tertiary/aromatic N) is 1. The molecule has 6 heteroatoms. The van der Waals surface area contributed by atoms with Gasteiger partial charge in [-0.05, 0) is 31.1 Å². The molecule has 2 fully saturated rings. The van der Waals surface area contributed by atoms with Gasteiger partial charge in [0, 0.05) is 12.1 Å². The van der Waals surface area contributed by atoms with E-state index in [9.17, 15) is 13.2 Å². The van der Waals surface area contributed by atoms with Crippen molar-refractivity contribution in [2.45, 2.75) is 58.5 Å². The summed E-state index contributed by atoms with van der Waals surface area (Å²) < 4.78 is 26.4. The molecular formula is C13H23NO4S. The van der Waals surface area contributed by atoms with Gasteiger partial charge in [0.25, 0.3) is 0 Å². The number of rotatable bonds is 4. The highest BCUT2D eigenvalue weighted by Crippen LogP contribution is 2.44. The summed E-state index contributed by atoms with van der Waals surface area (Å²) >= 11 is 0. The molecule has 0 aromatic rings. The highest BCUT2D eigenvalue weighted by molar-refractivity contribution is 7.89. The summed E-state index contributed by atoms with van der Waals surface area (Å²) in [5.74, 6) is -1.25. The third-order valence-corrected chi connectivity index (χ3v) is 6.15. The zero-order valence-corrected chi connectivity index (χ0v) is 12.6. The highest BCUT2D eigenvalue weighted by atomic mass is 32.2. The Labute approximate surface area is 115 Å². The molecule has 0 spiro atoms. The topological polar surface area (TPSA) is 74.7 Å². The number of fused-ring (bicyclic) bond motifs is 2. The molecule has 2 bridgehead atoms. The summed E-state index contributed by atoms with van der Waals surface area (Å²) in [6.45, 7) is 6.05. The van der Waals surface area contributed by atoms with E-state index in [0.29, 0.717) is 19.3 Å². The highest BCUT2D eigenvalue weighted by Gasteiger charge is 2.53. The quantitative estimate of drug-likeness (QED) is 0.854. The van der Waals surface area contributed by atoms with Crippen molar-refractivity contribution in [1.82, 2.24) is 4.31 Å². The summed E-state index contributed by atoms with van der Waals surface area (Å²) in [7, 11) is -3.33. The van der Waals surface area contributed by atoms with Gasteiger partial charge in [-0.25, -0.2) is 8.42 Å². The molecular weight excluding hydrogens is 266 g/mol. The SMILES string of the molecule is CC(C)(C)CCS(=O)(=O)N1C2CCC1C(C(=O)O)C2. The van der Waals surface area contributed by atoms with E-state index >= 15 is 0 Å². The number of aliphatic carboxylic acids is 1. The summed E-state index contributed by atoms with van der Waals surface area (Å²) in [4.78, 5) is 11.2. The zero-order valence-electron chi connectivity index (χ0n) is 11.8. The van der Waals surface area contributed by atoms with E-state index < -0.39 is 21.9 Å². The molecule has 2 rings (SSSR count). The molecule has 2 heterocycles. The van der Waals surface area contributed by atoms with Crippen LogP contribution in [-0.2, 0) is 14.8 Å². The second-order valence-electron chi connectivity index (χ2n) is 6.94. The van der Waals surface area contributed by atoms with Crippen LogP contribution in [0, 0.1) is 11.3 Å². The van der Waals surface area contributed by atoms with E-state index in [4.69, 9.17) is 5.11 Å². The molecule has 0 aliphatic carbocycles. The molecule has 5 nitrogen and oxygen atoms in total. The Bertz CT molecular complexity index is 466. The van der Waals surface area contributed by atoms with Crippen molar-refractivity contribution in [2.75, 3.05) is 5.75 Å². The predicted octanol–water partition coefficient (Wildman–Crippen LogP) is 1.69. The van der Waals surface area contributed by atoms with Gasteiger partial charge in [0.15, 0.2) is 0 Å². The lowest BCUT2D eigenvalue weighted by Gasteiger charge is -2.25. The Morgan fingerprint density at radius 1 is 1.32 bits per heavy atom. The normalized spacial score (nSPS) is 31.8. The van der Waals surface area contributed by atoms with Gasteiger partial charge in [-0.2, -0.15) is 4.31 Å². The van der Waals surface area contributed by atoms with E-state index in [1.165, 1.54) is 4.31 Å². The van der Waals surface area contributed by atoms with Crippen LogP contribution in [0.2, 0.25) is 0 Å². The van der Waals surface area contributed by atoms with E-state index in [-0.39, 0.29) is 23.3 Å². The molecule has 3 atom stereocenters. The van der Waals surface area contributed by atoms with Crippen molar-refractivity contribution in [1.29, 1.82) is 0 Å². The summed E-state index contributed by atoms with van der Waals surface area (Å²) in [6, 6.07) is -0.400. The Hall–Kier alpha value is -0.620. The first-order valence-corrected chi connectivity index (χ1v) is 8.47. The monoisotopic (exact) mass is 289 g/mol. The van der Waals surface area contributed by atoms with Crippen molar-refractivity contribution in [3.05, 3.63) is 0 Å². The van der Waals surface area contributed by atoms with Crippen LogP contribution in [0.25, 0.3) is 0 Å². The third-order valence-electron chi connectivity index (χ3n) is 4.22. The lowest BCUT2D eigenvalue weighted by atomic mass is 9.89. The number of carbonyl (C=O) groups is 1. The fourth-order valence-electron chi connectivity index (χ4n) is 3.18. The molecule has 2 saturated heterocycles. The molecule has 0 aromatic carbocycles. The Morgan fingerprint density at radius 3 is 2.42 bits per heavy atom.